The molecule has 4 rings (SSSR count). The molecule has 0 bridgehead atoms. The van der Waals surface area contributed by atoms with Gasteiger partial charge in [-0.1, -0.05) is 0 Å². The number of likely N-dealkylation sites (tertiary alicyclic amines) is 1. The van der Waals surface area contributed by atoms with Crippen LogP contribution in [0.1, 0.15) is 36.7 Å². The molecule has 0 aliphatic carbocycles. The number of amides is 2. The molecule has 0 saturated carbocycles. The number of carbonyl (C=O) groups is 1. The quantitative estimate of drug-likeness (QED) is 0.670. The van der Waals surface area contributed by atoms with Crippen molar-refractivity contribution >= 4 is 16.9 Å². The largest absolute Gasteiger partial charge is 0.361 e. The molecule has 26 heavy (non-hydrogen) atoms. The molecule has 2 amide bonds. The van der Waals surface area contributed by atoms with Crippen LogP contribution in [0.4, 0.5) is 9.18 Å². The summed E-state index contributed by atoms with van der Waals surface area (Å²) in [5, 5.41) is 4.01. The third-order valence-corrected chi connectivity index (χ3v) is 5.00. The first-order valence-electron chi connectivity index (χ1n) is 9.01. The first kappa shape index (κ1) is 16.6. The Hall–Kier alpha value is -2.83. The van der Waals surface area contributed by atoms with Crippen LogP contribution in [-0.2, 0) is 6.42 Å². The number of imidazole rings is 1. The van der Waals surface area contributed by atoms with Gasteiger partial charge in [0, 0.05) is 42.6 Å². The van der Waals surface area contributed by atoms with Crippen molar-refractivity contribution in [1.82, 2.24) is 25.2 Å². The van der Waals surface area contributed by atoms with Crippen molar-refractivity contribution in [2.75, 3.05) is 13.1 Å². The lowest BCUT2D eigenvalue weighted by Crippen LogP contribution is -2.45. The van der Waals surface area contributed by atoms with E-state index in [0.717, 1.165) is 48.1 Å². The summed E-state index contributed by atoms with van der Waals surface area (Å²) in [5.41, 5.74) is 1.85. The van der Waals surface area contributed by atoms with Crippen molar-refractivity contribution in [3.05, 3.63) is 54.0 Å². The second-order valence-electron chi connectivity index (χ2n) is 6.67. The molecule has 3 N–H and O–H groups in total. The number of carbonyl (C=O) groups excluding carboxylic acids is 1. The fraction of sp³-hybridized carbons (Fsp3) is 0.368. The van der Waals surface area contributed by atoms with E-state index in [9.17, 15) is 9.18 Å². The summed E-state index contributed by atoms with van der Waals surface area (Å²) in [4.78, 5) is 25.1. The van der Waals surface area contributed by atoms with Crippen molar-refractivity contribution < 1.29 is 9.18 Å². The summed E-state index contributed by atoms with van der Waals surface area (Å²) in [6, 6.07) is 4.67. The Balaban J connectivity index is 1.38. The van der Waals surface area contributed by atoms with Gasteiger partial charge in [-0.05, 0) is 49.4 Å². The molecule has 0 spiro atoms. The number of aromatic nitrogens is 3. The van der Waals surface area contributed by atoms with Crippen LogP contribution in [0.15, 0.2) is 36.8 Å². The molecule has 1 aromatic carbocycles. The van der Waals surface area contributed by atoms with E-state index in [-0.39, 0.29) is 17.9 Å². The van der Waals surface area contributed by atoms with Crippen LogP contribution in [0.5, 0.6) is 0 Å². The van der Waals surface area contributed by atoms with E-state index in [0.29, 0.717) is 13.0 Å². The fourth-order valence-electron chi connectivity index (χ4n) is 3.69. The maximum Gasteiger partial charge on any atom is 0.318 e. The zero-order valence-electron chi connectivity index (χ0n) is 14.5. The number of urea groups is 1. The number of piperidine rings is 1. The lowest BCUT2D eigenvalue weighted by Gasteiger charge is -2.34. The molecule has 6 nitrogen and oxygen atoms in total. The van der Waals surface area contributed by atoms with Gasteiger partial charge in [-0.2, -0.15) is 0 Å². The minimum Gasteiger partial charge on any atom is -0.361 e. The Morgan fingerprint density at radius 1 is 1.35 bits per heavy atom. The summed E-state index contributed by atoms with van der Waals surface area (Å²) in [7, 11) is 0. The standard InChI is InChI=1S/C19H22FN5O/c20-14-4-5-15-13(12-24-16(15)11-14)6-7-23-19(26)25-10-2-1-3-17(25)18-21-8-9-22-18/h4-5,8-9,11-12,17,24H,1-3,6-7,10H2,(H,21,22)(H,23,26). The normalized spacial score (nSPS) is 17.6. The molecule has 0 radical (unpaired) electrons. The summed E-state index contributed by atoms with van der Waals surface area (Å²) < 4.78 is 13.3. The van der Waals surface area contributed by atoms with Gasteiger partial charge in [-0.25, -0.2) is 14.2 Å². The van der Waals surface area contributed by atoms with Crippen LogP contribution < -0.4 is 5.32 Å². The number of fused-ring (bicyclic) bond motifs is 1. The third kappa shape index (κ3) is 3.29. The van der Waals surface area contributed by atoms with Crippen LogP contribution in [-0.4, -0.2) is 39.0 Å². The molecule has 7 heteroatoms. The van der Waals surface area contributed by atoms with Crippen molar-refractivity contribution in [3.8, 4) is 0 Å². The highest BCUT2D eigenvalue weighted by Crippen LogP contribution is 2.28. The Bertz CT molecular complexity index is 889. The summed E-state index contributed by atoms with van der Waals surface area (Å²) in [6.45, 7) is 1.27. The van der Waals surface area contributed by atoms with Gasteiger partial charge in [0.2, 0.25) is 0 Å². The highest BCUT2D eigenvalue weighted by atomic mass is 19.1. The second kappa shape index (κ2) is 7.19. The first-order valence-corrected chi connectivity index (χ1v) is 9.01. The number of H-pyrrole nitrogens is 2. The predicted octanol–water partition coefficient (Wildman–Crippen LogP) is 3.51. The van der Waals surface area contributed by atoms with Crippen LogP contribution in [0.25, 0.3) is 10.9 Å². The Labute approximate surface area is 150 Å². The number of rotatable bonds is 4. The smallest absolute Gasteiger partial charge is 0.318 e. The maximum absolute atomic E-state index is 13.3. The number of halogens is 1. The average Bonchev–Trinajstić information content (AvgIpc) is 3.31. The van der Waals surface area contributed by atoms with E-state index in [2.05, 4.69) is 20.3 Å². The highest BCUT2D eigenvalue weighted by Gasteiger charge is 2.29. The SMILES string of the molecule is O=C(NCCc1c[nH]c2cc(F)ccc12)N1CCCCC1c1ncc[nH]1. The van der Waals surface area contributed by atoms with Gasteiger partial charge < -0.3 is 20.2 Å². The highest BCUT2D eigenvalue weighted by molar-refractivity contribution is 5.83. The number of hydrogen-bond donors (Lipinski definition) is 3. The van der Waals surface area contributed by atoms with E-state index in [1.165, 1.54) is 12.1 Å². The summed E-state index contributed by atoms with van der Waals surface area (Å²) >= 11 is 0. The molecule has 1 fully saturated rings. The van der Waals surface area contributed by atoms with Crippen LogP contribution in [0.2, 0.25) is 0 Å². The zero-order valence-corrected chi connectivity index (χ0v) is 14.5. The molecule has 1 atom stereocenters. The van der Waals surface area contributed by atoms with Gasteiger partial charge in [0.15, 0.2) is 0 Å². The van der Waals surface area contributed by atoms with E-state index < -0.39 is 0 Å². The number of hydrogen-bond acceptors (Lipinski definition) is 2. The summed E-state index contributed by atoms with van der Waals surface area (Å²) in [6.07, 6.45) is 9.12. The molecule has 1 unspecified atom stereocenters. The molecular formula is C19H22FN5O. The molecule has 3 aromatic rings. The minimum atomic E-state index is -0.256. The van der Waals surface area contributed by atoms with Gasteiger partial charge >= 0.3 is 6.03 Å². The summed E-state index contributed by atoms with van der Waals surface area (Å²) in [5.74, 6) is 0.590. The fourth-order valence-corrected chi connectivity index (χ4v) is 3.69. The van der Waals surface area contributed by atoms with Crippen molar-refractivity contribution in [3.63, 3.8) is 0 Å². The Kier molecular flexibility index (Phi) is 4.60. The van der Waals surface area contributed by atoms with Crippen LogP contribution >= 0.6 is 0 Å². The van der Waals surface area contributed by atoms with Crippen molar-refractivity contribution in [1.29, 1.82) is 0 Å². The molecule has 2 aromatic heterocycles. The van der Waals surface area contributed by atoms with E-state index in [1.807, 2.05) is 11.1 Å². The maximum atomic E-state index is 13.3. The minimum absolute atomic E-state index is 0.00909. The van der Waals surface area contributed by atoms with E-state index in [4.69, 9.17) is 0 Å². The predicted molar refractivity (Wildman–Crippen MR) is 97.2 cm³/mol. The van der Waals surface area contributed by atoms with E-state index >= 15 is 0 Å². The van der Waals surface area contributed by atoms with Crippen LogP contribution in [0, 0.1) is 5.82 Å². The molecule has 1 aliphatic heterocycles. The van der Waals surface area contributed by atoms with Gasteiger partial charge in [0.25, 0.3) is 0 Å². The van der Waals surface area contributed by atoms with Gasteiger partial charge in [-0.15, -0.1) is 0 Å². The molecule has 3 heterocycles. The lowest BCUT2D eigenvalue weighted by molar-refractivity contribution is 0.148. The van der Waals surface area contributed by atoms with Gasteiger partial charge in [0.1, 0.15) is 11.6 Å². The number of nitrogens with one attached hydrogen (secondary N) is 3. The molecule has 1 saturated heterocycles. The molecule has 136 valence electrons. The third-order valence-electron chi connectivity index (χ3n) is 5.00. The lowest BCUT2D eigenvalue weighted by atomic mass is 10.0. The monoisotopic (exact) mass is 355 g/mol. The van der Waals surface area contributed by atoms with Crippen molar-refractivity contribution in [2.24, 2.45) is 0 Å². The first-order chi connectivity index (χ1) is 12.7. The van der Waals surface area contributed by atoms with Gasteiger partial charge in [-0.3, -0.25) is 0 Å². The van der Waals surface area contributed by atoms with Crippen molar-refractivity contribution in [2.45, 2.75) is 31.7 Å². The average molecular weight is 355 g/mol. The Morgan fingerprint density at radius 2 is 2.27 bits per heavy atom. The zero-order chi connectivity index (χ0) is 17.9. The van der Waals surface area contributed by atoms with E-state index in [1.54, 1.807) is 18.5 Å². The molecule has 1 aliphatic rings. The number of aromatic amines is 2. The van der Waals surface area contributed by atoms with Crippen LogP contribution in [0.3, 0.4) is 0 Å². The topological polar surface area (TPSA) is 76.8 Å². The molecular weight excluding hydrogens is 333 g/mol. The van der Waals surface area contributed by atoms with Gasteiger partial charge in [0.05, 0.1) is 6.04 Å². The Morgan fingerprint density at radius 3 is 3.12 bits per heavy atom. The number of benzene rings is 1. The second-order valence-corrected chi connectivity index (χ2v) is 6.67. The number of nitrogens with zero attached hydrogens (tertiary/aromatic N) is 2.